The SMILES string of the molecule is CNc1c2ccccc2nc(N)c1[C@H]1CC[C@@H](CNCc2ccc(Br)cc2OC(F)(F)F)CC1.Cl.Cl. The summed E-state index contributed by atoms with van der Waals surface area (Å²) >= 11 is 3.20. The predicted octanol–water partition coefficient (Wildman–Crippen LogP) is 7.43. The van der Waals surface area contributed by atoms with E-state index in [9.17, 15) is 13.2 Å². The van der Waals surface area contributed by atoms with Gasteiger partial charge in [0.1, 0.15) is 11.6 Å². The number of ether oxygens (including phenoxy) is 1. The van der Waals surface area contributed by atoms with Gasteiger partial charge in [-0.15, -0.1) is 38.0 Å². The summed E-state index contributed by atoms with van der Waals surface area (Å²) < 4.78 is 42.9. The number of fused-ring (bicyclic) bond motifs is 1. The van der Waals surface area contributed by atoms with Crippen LogP contribution in [0.4, 0.5) is 24.7 Å². The number of aromatic nitrogens is 1. The summed E-state index contributed by atoms with van der Waals surface area (Å²) in [5.41, 5.74) is 9.89. The van der Waals surface area contributed by atoms with E-state index in [1.54, 1.807) is 12.1 Å². The fourth-order valence-corrected chi connectivity index (χ4v) is 5.23. The third-order valence-corrected chi connectivity index (χ3v) is 6.96. The number of alkyl halides is 3. The average molecular weight is 610 g/mol. The van der Waals surface area contributed by atoms with E-state index in [4.69, 9.17) is 5.73 Å². The number of nitrogen functional groups attached to an aromatic ring is 1. The van der Waals surface area contributed by atoms with Gasteiger partial charge in [0.2, 0.25) is 0 Å². The number of hydrogen-bond donors (Lipinski definition) is 3. The smallest absolute Gasteiger partial charge is 0.405 e. The summed E-state index contributed by atoms with van der Waals surface area (Å²) in [6.45, 7) is 1.04. The molecule has 1 fully saturated rings. The molecule has 2 aromatic carbocycles. The van der Waals surface area contributed by atoms with Crippen LogP contribution in [0.15, 0.2) is 46.9 Å². The Morgan fingerprint density at radius 3 is 2.44 bits per heavy atom. The summed E-state index contributed by atoms with van der Waals surface area (Å²) in [5, 5.41) is 7.73. The molecule has 0 spiro atoms. The highest BCUT2D eigenvalue weighted by atomic mass is 79.9. The number of para-hydroxylation sites is 1. The third kappa shape index (κ3) is 7.31. The molecule has 0 amide bonds. The fraction of sp³-hybridized carbons (Fsp3) is 0.400. The zero-order chi connectivity index (χ0) is 24.3. The van der Waals surface area contributed by atoms with Gasteiger partial charge in [0, 0.05) is 34.6 Å². The number of nitrogens with one attached hydrogen (secondary N) is 2. The molecule has 198 valence electrons. The van der Waals surface area contributed by atoms with Gasteiger partial charge in [-0.1, -0.05) is 40.2 Å². The summed E-state index contributed by atoms with van der Waals surface area (Å²) in [5.74, 6) is 1.18. The van der Waals surface area contributed by atoms with Crippen molar-refractivity contribution in [1.82, 2.24) is 10.3 Å². The van der Waals surface area contributed by atoms with E-state index >= 15 is 0 Å². The van der Waals surface area contributed by atoms with Gasteiger partial charge in [0.05, 0.1) is 11.2 Å². The van der Waals surface area contributed by atoms with Crippen LogP contribution < -0.4 is 21.1 Å². The number of rotatable bonds is 7. The third-order valence-electron chi connectivity index (χ3n) is 6.47. The summed E-state index contributed by atoms with van der Waals surface area (Å²) in [4.78, 5) is 4.63. The molecule has 0 saturated heterocycles. The van der Waals surface area contributed by atoms with Gasteiger partial charge in [-0.3, -0.25) is 0 Å². The van der Waals surface area contributed by atoms with Crippen LogP contribution in [0.1, 0.15) is 42.7 Å². The van der Waals surface area contributed by atoms with Gasteiger partial charge in [0.25, 0.3) is 0 Å². The van der Waals surface area contributed by atoms with Crippen LogP contribution >= 0.6 is 40.7 Å². The standard InChI is InChI=1S/C25H28BrF3N4O.2ClH/c1-31-23-19-4-2-3-5-20(19)33-24(30)22(23)16-8-6-15(7-9-16)13-32-14-17-10-11-18(26)12-21(17)34-25(27,28)29;;/h2-5,10-12,15-16,32H,6-9,13-14H2,1H3,(H3,30,31,33);2*1H/t15-,16+;;. The molecule has 4 rings (SSSR count). The Hall–Kier alpha value is -1.94. The zero-order valence-corrected chi connectivity index (χ0v) is 22.9. The average Bonchev–Trinajstić information content (AvgIpc) is 2.79. The van der Waals surface area contributed by atoms with Crippen LogP contribution in [0.2, 0.25) is 0 Å². The molecule has 1 aliphatic carbocycles. The molecule has 0 unspecified atom stereocenters. The molecule has 5 nitrogen and oxygen atoms in total. The highest BCUT2D eigenvalue weighted by Gasteiger charge is 2.32. The highest BCUT2D eigenvalue weighted by molar-refractivity contribution is 9.10. The lowest BCUT2D eigenvalue weighted by molar-refractivity contribution is -0.274. The molecular weight excluding hydrogens is 580 g/mol. The molecule has 0 atom stereocenters. The number of hydrogen-bond acceptors (Lipinski definition) is 5. The van der Waals surface area contributed by atoms with Gasteiger partial charge >= 0.3 is 6.36 Å². The van der Waals surface area contributed by atoms with Crippen molar-refractivity contribution in [3.05, 3.63) is 58.1 Å². The van der Waals surface area contributed by atoms with Crippen LogP contribution in [-0.2, 0) is 6.54 Å². The lowest BCUT2D eigenvalue weighted by Gasteiger charge is -2.31. The van der Waals surface area contributed by atoms with Gasteiger partial charge < -0.3 is 21.1 Å². The number of anilines is 2. The number of nitrogens with zero attached hydrogens (tertiary/aromatic N) is 1. The van der Waals surface area contributed by atoms with Crippen LogP contribution in [0.3, 0.4) is 0 Å². The van der Waals surface area contributed by atoms with Crippen LogP contribution in [0.5, 0.6) is 5.75 Å². The first kappa shape index (κ1) is 30.3. The maximum atomic E-state index is 12.7. The van der Waals surface area contributed by atoms with Crippen molar-refractivity contribution in [3.63, 3.8) is 0 Å². The minimum Gasteiger partial charge on any atom is -0.405 e. The van der Waals surface area contributed by atoms with E-state index in [1.165, 1.54) is 6.07 Å². The normalized spacial score (nSPS) is 17.7. The van der Waals surface area contributed by atoms with E-state index in [0.717, 1.165) is 54.4 Å². The molecule has 1 heterocycles. The lowest BCUT2D eigenvalue weighted by Crippen LogP contribution is -2.27. The van der Waals surface area contributed by atoms with Gasteiger partial charge in [-0.05, 0) is 62.3 Å². The molecule has 1 aromatic heterocycles. The Morgan fingerprint density at radius 1 is 1.08 bits per heavy atom. The Bertz CT molecular complexity index is 1160. The molecule has 11 heteroatoms. The molecule has 3 aromatic rings. The minimum absolute atomic E-state index is 0. The van der Waals surface area contributed by atoms with Crippen LogP contribution in [0.25, 0.3) is 10.9 Å². The molecule has 36 heavy (non-hydrogen) atoms. The minimum atomic E-state index is -4.72. The highest BCUT2D eigenvalue weighted by Crippen LogP contribution is 2.43. The molecule has 0 bridgehead atoms. The van der Waals surface area contributed by atoms with Crippen molar-refractivity contribution < 1.29 is 17.9 Å². The number of benzene rings is 2. The van der Waals surface area contributed by atoms with Crippen molar-refractivity contribution in [1.29, 1.82) is 0 Å². The fourth-order valence-electron chi connectivity index (χ4n) is 4.89. The van der Waals surface area contributed by atoms with E-state index in [2.05, 4.69) is 42.4 Å². The Morgan fingerprint density at radius 2 is 1.78 bits per heavy atom. The maximum Gasteiger partial charge on any atom is 0.573 e. The van der Waals surface area contributed by atoms with Crippen molar-refractivity contribution in [2.24, 2.45) is 5.92 Å². The first-order valence-corrected chi connectivity index (χ1v) is 12.1. The van der Waals surface area contributed by atoms with E-state index in [1.807, 2.05) is 25.2 Å². The lowest BCUT2D eigenvalue weighted by atomic mass is 9.78. The second-order valence-electron chi connectivity index (χ2n) is 8.70. The summed E-state index contributed by atoms with van der Waals surface area (Å²) in [6.07, 6.45) is -0.712. The van der Waals surface area contributed by atoms with E-state index in [0.29, 0.717) is 34.2 Å². The van der Waals surface area contributed by atoms with Crippen molar-refractivity contribution in [2.45, 2.75) is 44.5 Å². The number of pyridine rings is 1. The van der Waals surface area contributed by atoms with Crippen molar-refractivity contribution in [2.75, 3.05) is 24.6 Å². The summed E-state index contributed by atoms with van der Waals surface area (Å²) in [6, 6.07) is 12.7. The van der Waals surface area contributed by atoms with Crippen LogP contribution in [-0.4, -0.2) is 24.9 Å². The monoisotopic (exact) mass is 608 g/mol. The Labute approximate surface area is 229 Å². The molecule has 1 aliphatic rings. The molecule has 0 aliphatic heterocycles. The first-order chi connectivity index (χ1) is 16.2. The van der Waals surface area contributed by atoms with Gasteiger partial charge in [0.15, 0.2) is 0 Å². The van der Waals surface area contributed by atoms with Gasteiger partial charge in [-0.2, -0.15) is 0 Å². The zero-order valence-electron chi connectivity index (χ0n) is 19.7. The van der Waals surface area contributed by atoms with E-state index in [-0.39, 0.29) is 30.6 Å². The number of halogens is 6. The van der Waals surface area contributed by atoms with Crippen LogP contribution in [0, 0.1) is 5.92 Å². The molecular formula is C25H30BrCl2F3N4O. The maximum absolute atomic E-state index is 12.7. The van der Waals surface area contributed by atoms with Crippen molar-refractivity contribution in [3.8, 4) is 5.75 Å². The number of nitrogens with two attached hydrogens (primary N) is 1. The quantitative estimate of drug-likeness (QED) is 0.260. The first-order valence-electron chi connectivity index (χ1n) is 11.4. The molecule has 1 saturated carbocycles. The van der Waals surface area contributed by atoms with E-state index < -0.39 is 6.36 Å². The Kier molecular flexibility index (Phi) is 11.0. The predicted molar refractivity (Wildman–Crippen MR) is 147 cm³/mol. The summed E-state index contributed by atoms with van der Waals surface area (Å²) in [7, 11) is 1.92. The topological polar surface area (TPSA) is 72.2 Å². The molecule has 4 N–H and O–H groups in total. The Balaban J connectivity index is 0.00000228. The largest absolute Gasteiger partial charge is 0.573 e. The second-order valence-corrected chi connectivity index (χ2v) is 9.62. The van der Waals surface area contributed by atoms with Crippen molar-refractivity contribution >= 4 is 63.2 Å². The molecule has 0 radical (unpaired) electrons. The second kappa shape index (κ2) is 13.0. The van der Waals surface area contributed by atoms with Gasteiger partial charge in [-0.25, -0.2) is 4.98 Å².